The topological polar surface area (TPSA) is 28.2 Å². The number of aromatic nitrogens is 1. The summed E-state index contributed by atoms with van der Waals surface area (Å²) in [6.45, 7) is 7.61. The van der Waals surface area contributed by atoms with Crippen molar-refractivity contribution < 1.29 is 0 Å². The van der Waals surface area contributed by atoms with Crippen molar-refractivity contribution in [2.24, 2.45) is 11.8 Å². The first-order valence-electron chi connectivity index (χ1n) is 10.2. The number of nitrogens with zero attached hydrogens (tertiary/aromatic N) is 2. The highest BCUT2D eigenvalue weighted by Gasteiger charge is 2.48. The standard InChI is InChI=1S/C23H29N3/c1-16-22-13-18-5-6-20(25-19-7-10-24-11-8-19)14-21(18)23(16,2)9-12-26(22)15-17-3-4-17/h5-8,10-11,14,16-17,22H,3-4,9,12-13,15H2,1-2H3,(H,24,25)/t16-,22+,23+/m0/s1. The number of rotatable bonds is 4. The average Bonchev–Trinajstić information content (AvgIpc) is 3.46. The first kappa shape index (κ1) is 16.3. The van der Waals surface area contributed by atoms with E-state index in [0.29, 0.717) is 5.41 Å². The van der Waals surface area contributed by atoms with Gasteiger partial charge in [0.05, 0.1) is 0 Å². The van der Waals surface area contributed by atoms with Crippen LogP contribution in [-0.4, -0.2) is 29.0 Å². The molecule has 2 aliphatic carbocycles. The fraction of sp³-hybridized carbons (Fsp3) is 0.522. The van der Waals surface area contributed by atoms with E-state index in [0.717, 1.165) is 23.6 Å². The molecule has 3 aliphatic rings. The average molecular weight is 348 g/mol. The third-order valence-corrected chi connectivity index (χ3v) is 7.28. The van der Waals surface area contributed by atoms with Crippen LogP contribution >= 0.6 is 0 Å². The normalized spacial score (nSPS) is 30.7. The van der Waals surface area contributed by atoms with Gasteiger partial charge >= 0.3 is 0 Å². The first-order chi connectivity index (χ1) is 12.6. The summed E-state index contributed by atoms with van der Waals surface area (Å²) in [6.07, 6.45) is 9.08. The summed E-state index contributed by atoms with van der Waals surface area (Å²) < 4.78 is 0. The fourth-order valence-electron chi connectivity index (χ4n) is 5.25. The van der Waals surface area contributed by atoms with E-state index in [2.05, 4.69) is 47.2 Å². The molecule has 1 saturated heterocycles. The van der Waals surface area contributed by atoms with Gasteiger partial charge in [0.25, 0.3) is 0 Å². The van der Waals surface area contributed by atoms with Crippen molar-refractivity contribution in [2.75, 3.05) is 18.4 Å². The van der Waals surface area contributed by atoms with E-state index in [4.69, 9.17) is 0 Å². The minimum Gasteiger partial charge on any atom is -0.355 e. The van der Waals surface area contributed by atoms with Crippen LogP contribution in [0.25, 0.3) is 0 Å². The van der Waals surface area contributed by atoms with Crippen molar-refractivity contribution in [1.29, 1.82) is 0 Å². The van der Waals surface area contributed by atoms with E-state index in [1.54, 1.807) is 11.1 Å². The monoisotopic (exact) mass is 347 g/mol. The number of benzene rings is 1. The molecule has 26 heavy (non-hydrogen) atoms. The van der Waals surface area contributed by atoms with Gasteiger partial charge < -0.3 is 5.32 Å². The third kappa shape index (κ3) is 2.73. The summed E-state index contributed by atoms with van der Waals surface area (Å²) in [5, 5.41) is 3.55. The molecule has 0 unspecified atom stereocenters. The van der Waals surface area contributed by atoms with E-state index in [1.807, 2.05) is 24.5 Å². The molecule has 1 aromatic heterocycles. The van der Waals surface area contributed by atoms with Gasteiger partial charge in [-0.05, 0) is 84.9 Å². The van der Waals surface area contributed by atoms with Crippen molar-refractivity contribution in [1.82, 2.24) is 9.88 Å². The highest BCUT2D eigenvalue weighted by Crippen LogP contribution is 2.50. The van der Waals surface area contributed by atoms with E-state index in [-0.39, 0.29) is 0 Å². The molecular formula is C23H29N3. The Labute approximate surface area is 156 Å². The summed E-state index contributed by atoms with van der Waals surface area (Å²) in [6, 6.07) is 11.8. The molecule has 2 aromatic rings. The number of likely N-dealkylation sites (tertiary alicyclic amines) is 1. The second-order valence-electron chi connectivity index (χ2n) is 8.90. The predicted octanol–water partition coefficient (Wildman–Crippen LogP) is 4.76. The quantitative estimate of drug-likeness (QED) is 0.864. The van der Waals surface area contributed by atoms with Crippen LogP contribution in [0.4, 0.5) is 11.4 Å². The molecule has 3 nitrogen and oxygen atoms in total. The molecule has 1 aliphatic heterocycles. The maximum Gasteiger partial charge on any atom is 0.0415 e. The van der Waals surface area contributed by atoms with E-state index >= 15 is 0 Å². The Balaban J connectivity index is 1.45. The van der Waals surface area contributed by atoms with E-state index < -0.39 is 0 Å². The largest absolute Gasteiger partial charge is 0.355 e. The van der Waals surface area contributed by atoms with Crippen LogP contribution in [0, 0.1) is 11.8 Å². The Hall–Kier alpha value is -1.87. The lowest BCUT2D eigenvalue weighted by Crippen LogP contribution is -2.58. The van der Waals surface area contributed by atoms with Gasteiger partial charge in [-0.1, -0.05) is 19.9 Å². The van der Waals surface area contributed by atoms with Crippen molar-refractivity contribution >= 4 is 11.4 Å². The van der Waals surface area contributed by atoms with Crippen LogP contribution in [0.3, 0.4) is 0 Å². The van der Waals surface area contributed by atoms with Crippen molar-refractivity contribution in [3.8, 4) is 0 Å². The highest BCUT2D eigenvalue weighted by molar-refractivity contribution is 5.62. The Kier molecular flexibility index (Phi) is 3.82. The summed E-state index contributed by atoms with van der Waals surface area (Å²) in [4.78, 5) is 6.92. The zero-order chi connectivity index (χ0) is 17.7. The lowest BCUT2D eigenvalue weighted by molar-refractivity contribution is 0.0284. The molecule has 5 rings (SSSR count). The molecule has 2 fully saturated rings. The molecule has 3 heteroatoms. The number of anilines is 2. The van der Waals surface area contributed by atoms with Crippen LogP contribution in [0.5, 0.6) is 0 Å². The van der Waals surface area contributed by atoms with Crippen molar-refractivity contribution in [2.45, 2.75) is 51.0 Å². The molecule has 1 N–H and O–H groups in total. The first-order valence-corrected chi connectivity index (χ1v) is 10.2. The Morgan fingerprint density at radius 2 is 1.96 bits per heavy atom. The second-order valence-corrected chi connectivity index (χ2v) is 8.90. The number of fused-ring (bicyclic) bond motifs is 4. The summed E-state index contributed by atoms with van der Waals surface area (Å²) in [7, 11) is 0. The maximum absolute atomic E-state index is 4.11. The molecule has 0 amide bonds. The molecule has 1 aromatic carbocycles. The predicted molar refractivity (Wildman–Crippen MR) is 107 cm³/mol. The maximum atomic E-state index is 4.11. The van der Waals surface area contributed by atoms with Crippen LogP contribution in [-0.2, 0) is 11.8 Å². The lowest BCUT2D eigenvalue weighted by Gasteiger charge is -2.55. The summed E-state index contributed by atoms with van der Waals surface area (Å²) in [5.41, 5.74) is 5.74. The number of piperidine rings is 1. The summed E-state index contributed by atoms with van der Waals surface area (Å²) >= 11 is 0. The molecule has 0 radical (unpaired) electrons. The van der Waals surface area contributed by atoms with Crippen LogP contribution in [0.1, 0.15) is 44.2 Å². The molecule has 136 valence electrons. The van der Waals surface area contributed by atoms with Gasteiger partial charge in [0.1, 0.15) is 0 Å². The Morgan fingerprint density at radius 1 is 1.15 bits per heavy atom. The van der Waals surface area contributed by atoms with Gasteiger partial charge in [0.2, 0.25) is 0 Å². The number of pyridine rings is 1. The lowest BCUT2D eigenvalue weighted by atomic mass is 9.59. The highest BCUT2D eigenvalue weighted by atomic mass is 15.2. The van der Waals surface area contributed by atoms with Gasteiger partial charge in [-0.15, -0.1) is 0 Å². The minimum absolute atomic E-state index is 0.300. The number of hydrogen-bond donors (Lipinski definition) is 1. The molecule has 2 heterocycles. The summed E-state index contributed by atoms with van der Waals surface area (Å²) in [5.74, 6) is 1.71. The zero-order valence-electron chi connectivity index (χ0n) is 15.9. The van der Waals surface area contributed by atoms with Crippen LogP contribution < -0.4 is 5.32 Å². The van der Waals surface area contributed by atoms with Gasteiger partial charge in [-0.2, -0.15) is 0 Å². The van der Waals surface area contributed by atoms with Gasteiger partial charge in [-0.25, -0.2) is 0 Å². The SMILES string of the molecule is C[C@H]1[C@H]2Cc3ccc(Nc4ccncc4)cc3[C@]1(C)CCN2CC1CC1. The van der Waals surface area contributed by atoms with E-state index in [9.17, 15) is 0 Å². The van der Waals surface area contributed by atoms with Crippen molar-refractivity contribution in [3.63, 3.8) is 0 Å². The minimum atomic E-state index is 0.300. The number of hydrogen-bond acceptors (Lipinski definition) is 3. The molecule has 3 atom stereocenters. The molecule has 0 spiro atoms. The van der Waals surface area contributed by atoms with Gasteiger partial charge in [0, 0.05) is 36.4 Å². The third-order valence-electron chi connectivity index (χ3n) is 7.28. The van der Waals surface area contributed by atoms with Crippen LogP contribution in [0.2, 0.25) is 0 Å². The van der Waals surface area contributed by atoms with Gasteiger partial charge in [-0.3, -0.25) is 9.88 Å². The zero-order valence-corrected chi connectivity index (χ0v) is 15.9. The molecule has 1 saturated carbocycles. The molecular weight excluding hydrogens is 318 g/mol. The Bertz CT molecular complexity index is 798. The van der Waals surface area contributed by atoms with E-state index in [1.165, 1.54) is 44.5 Å². The Morgan fingerprint density at radius 3 is 2.73 bits per heavy atom. The van der Waals surface area contributed by atoms with Crippen LogP contribution in [0.15, 0.2) is 42.7 Å². The molecule has 2 bridgehead atoms. The second kappa shape index (κ2) is 6.09. The fourth-order valence-corrected chi connectivity index (χ4v) is 5.25. The van der Waals surface area contributed by atoms with Crippen molar-refractivity contribution in [3.05, 3.63) is 53.9 Å². The smallest absolute Gasteiger partial charge is 0.0415 e. The van der Waals surface area contributed by atoms with Gasteiger partial charge in [0.15, 0.2) is 0 Å². The number of nitrogens with one attached hydrogen (secondary N) is 1.